The summed E-state index contributed by atoms with van der Waals surface area (Å²) in [6.07, 6.45) is 4.02. The number of piperazine rings is 1. The Morgan fingerprint density at radius 2 is 1.76 bits per heavy atom. The molecular weight excluding hydrogens is 408 g/mol. The maximum Gasteiger partial charge on any atom is 0.229 e. The van der Waals surface area contributed by atoms with Crippen LogP contribution < -0.4 is 15.1 Å². The van der Waals surface area contributed by atoms with Gasteiger partial charge in [-0.1, -0.05) is 51.1 Å². The van der Waals surface area contributed by atoms with Crippen molar-refractivity contribution < 1.29 is 0 Å². The number of anilines is 3. The molecule has 1 saturated heterocycles. The first-order chi connectivity index (χ1) is 15.7. The number of fused-ring (bicyclic) bond motifs is 2. The Morgan fingerprint density at radius 3 is 2.39 bits per heavy atom. The van der Waals surface area contributed by atoms with Crippen LogP contribution in [0.3, 0.4) is 0 Å². The van der Waals surface area contributed by atoms with Crippen molar-refractivity contribution in [1.29, 1.82) is 0 Å². The molecule has 1 N–H and O–H groups in total. The van der Waals surface area contributed by atoms with Gasteiger partial charge in [0.1, 0.15) is 11.6 Å². The smallest absolute Gasteiger partial charge is 0.229 e. The van der Waals surface area contributed by atoms with Gasteiger partial charge in [-0.2, -0.15) is 9.97 Å². The molecule has 0 spiro atoms. The van der Waals surface area contributed by atoms with Crippen LogP contribution in [0.1, 0.15) is 45.6 Å². The average Bonchev–Trinajstić information content (AvgIpc) is 3.29. The number of nitrogens with zero attached hydrogens (tertiary/aromatic N) is 5. The molecule has 2 heterocycles. The Balaban J connectivity index is 1.32. The third-order valence-corrected chi connectivity index (χ3v) is 8.63. The van der Waals surface area contributed by atoms with Crippen molar-refractivity contribution in [2.75, 3.05) is 55.4 Å². The zero-order chi connectivity index (χ0) is 23.2. The van der Waals surface area contributed by atoms with E-state index >= 15 is 0 Å². The summed E-state index contributed by atoms with van der Waals surface area (Å²) in [5.74, 6) is 3.61. The number of nitrogens with one attached hydrogen (secondary N) is 1. The lowest BCUT2D eigenvalue weighted by Crippen LogP contribution is -2.47. The van der Waals surface area contributed by atoms with E-state index in [2.05, 4.69) is 91.3 Å². The van der Waals surface area contributed by atoms with Gasteiger partial charge >= 0.3 is 0 Å². The number of rotatable bonds is 6. The van der Waals surface area contributed by atoms with E-state index < -0.39 is 0 Å². The van der Waals surface area contributed by atoms with E-state index in [0.717, 1.165) is 56.2 Å². The lowest BCUT2D eigenvalue weighted by molar-refractivity contribution is 0.155. The van der Waals surface area contributed by atoms with Gasteiger partial charge in [-0.25, -0.2) is 0 Å². The summed E-state index contributed by atoms with van der Waals surface area (Å²) in [6.45, 7) is 12.3. The van der Waals surface area contributed by atoms with Crippen LogP contribution in [0.4, 0.5) is 17.6 Å². The first-order valence-corrected chi connectivity index (χ1v) is 12.6. The molecule has 1 aromatic carbocycles. The topological polar surface area (TPSA) is 47.5 Å². The summed E-state index contributed by atoms with van der Waals surface area (Å²) in [5.41, 5.74) is 2.03. The second-order valence-corrected chi connectivity index (χ2v) is 11.5. The fraction of sp³-hybridized carbons (Fsp3) is 0.630. The predicted octanol–water partition coefficient (Wildman–Crippen LogP) is 4.49. The highest BCUT2D eigenvalue weighted by atomic mass is 15.3. The standard InChI is InChI=1S/C27H40N6/c1-26(2)21-11-12-27(3,18-21)24(26)28-22-17-23(31(4)5)30-25(29-22)33-15-13-32(14-16-33)19-20-9-7-6-8-10-20/h6-10,17,21,24H,11-16,18-19H2,1-5H3,(H,28,29,30)/t21?,24?,27-/m0/s1. The second kappa shape index (κ2) is 8.46. The maximum atomic E-state index is 5.05. The van der Waals surface area contributed by atoms with Gasteiger partial charge in [-0.15, -0.1) is 0 Å². The lowest BCUT2D eigenvalue weighted by Gasteiger charge is -2.43. The van der Waals surface area contributed by atoms with Gasteiger partial charge in [-0.05, 0) is 41.6 Å². The van der Waals surface area contributed by atoms with Gasteiger partial charge in [0.15, 0.2) is 0 Å². The van der Waals surface area contributed by atoms with Crippen LogP contribution in [0.2, 0.25) is 0 Å². The van der Waals surface area contributed by atoms with Crippen molar-refractivity contribution >= 4 is 17.6 Å². The summed E-state index contributed by atoms with van der Waals surface area (Å²) in [4.78, 5) is 16.9. The zero-order valence-corrected chi connectivity index (χ0v) is 21.0. The molecule has 2 saturated carbocycles. The Bertz CT molecular complexity index is 961. The molecule has 6 nitrogen and oxygen atoms in total. The minimum atomic E-state index is 0.291. The second-order valence-electron chi connectivity index (χ2n) is 11.5. The van der Waals surface area contributed by atoms with E-state index in [9.17, 15) is 0 Å². The zero-order valence-electron chi connectivity index (χ0n) is 21.0. The Hall–Kier alpha value is -2.34. The van der Waals surface area contributed by atoms with Crippen molar-refractivity contribution in [2.24, 2.45) is 16.7 Å². The van der Waals surface area contributed by atoms with E-state index in [-0.39, 0.29) is 0 Å². The molecular formula is C27H40N6. The number of benzene rings is 1. The van der Waals surface area contributed by atoms with Crippen molar-refractivity contribution in [2.45, 2.75) is 52.6 Å². The summed E-state index contributed by atoms with van der Waals surface area (Å²) in [6, 6.07) is 13.3. The van der Waals surface area contributed by atoms with Crippen LogP contribution in [0, 0.1) is 16.7 Å². The molecule has 2 unspecified atom stereocenters. The molecule has 2 aromatic rings. The number of hydrogen-bond donors (Lipinski definition) is 1. The third-order valence-electron chi connectivity index (χ3n) is 8.63. The number of hydrogen-bond acceptors (Lipinski definition) is 6. The van der Waals surface area contributed by atoms with E-state index in [1.807, 2.05) is 0 Å². The molecule has 178 valence electrons. The van der Waals surface area contributed by atoms with E-state index in [4.69, 9.17) is 9.97 Å². The Labute approximate surface area is 199 Å². The third kappa shape index (κ3) is 4.30. The molecule has 2 bridgehead atoms. The normalized spacial score (nSPS) is 28.8. The van der Waals surface area contributed by atoms with E-state index in [1.165, 1.54) is 24.8 Å². The lowest BCUT2D eigenvalue weighted by atomic mass is 9.68. The van der Waals surface area contributed by atoms with Crippen LogP contribution >= 0.6 is 0 Å². The van der Waals surface area contributed by atoms with Crippen LogP contribution in [0.25, 0.3) is 0 Å². The van der Waals surface area contributed by atoms with Gasteiger partial charge in [0.25, 0.3) is 0 Å². The minimum Gasteiger partial charge on any atom is -0.366 e. The predicted molar refractivity (Wildman–Crippen MR) is 137 cm³/mol. The van der Waals surface area contributed by atoms with E-state index in [1.54, 1.807) is 0 Å². The molecule has 5 rings (SSSR count). The first-order valence-electron chi connectivity index (χ1n) is 12.6. The van der Waals surface area contributed by atoms with Crippen molar-refractivity contribution in [3.63, 3.8) is 0 Å². The summed E-state index contributed by atoms with van der Waals surface area (Å²) < 4.78 is 0. The van der Waals surface area contributed by atoms with Gasteiger partial charge in [-0.3, -0.25) is 4.90 Å². The largest absolute Gasteiger partial charge is 0.366 e. The highest BCUT2D eigenvalue weighted by molar-refractivity contribution is 5.55. The van der Waals surface area contributed by atoms with Crippen LogP contribution in [-0.4, -0.2) is 61.2 Å². The van der Waals surface area contributed by atoms with Crippen LogP contribution in [0.5, 0.6) is 0 Å². The van der Waals surface area contributed by atoms with Gasteiger partial charge < -0.3 is 15.1 Å². The molecule has 2 aliphatic carbocycles. The molecule has 3 fully saturated rings. The minimum absolute atomic E-state index is 0.291. The average molecular weight is 449 g/mol. The van der Waals surface area contributed by atoms with Crippen molar-refractivity contribution in [1.82, 2.24) is 14.9 Å². The Kier molecular flexibility index (Phi) is 5.76. The van der Waals surface area contributed by atoms with Crippen LogP contribution in [0.15, 0.2) is 36.4 Å². The molecule has 33 heavy (non-hydrogen) atoms. The van der Waals surface area contributed by atoms with Gasteiger partial charge in [0.05, 0.1) is 0 Å². The quantitative estimate of drug-likeness (QED) is 0.703. The molecule has 3 atom stereocenters. The van der Waals surface area contributed by atoms with Crippen LogP contribution in [-0.2, 0) is 6.54 Å². The van der Waals surface area contributed by atoms with Gasteiger partial charge in [0, 0.05) is 58.9 Å². The summed E-state index contributed by atoms with van der Waals surface area (Å²) in [5, 5.41) is 3.90. The SMILES string of the molecule is CN(C)c1cc(NC2C(C)(C)C3CC[C@@]2(C)C3)nc(N2CCN(Cc3ccccc3)CC2)n1. The van der Waals surface area contributed by atoms with E-state index in [0.29, 0.717) is 16.9 Å². The summed E-state index contributed by atoms with van der Waals surface area (Å²) in [7, 11) is 4.13. The Morgan fingerprint density at radius 1 is 1.03 bits per heavy atom. The highest BCUT2D eigenvalue weighted by Crippen LogP contribution is 2.63. The molecule has 3 aliphatic rings. The molecule has 0 amide bonds. The van der Waals surface area contributed by atoms with Crippen molar-refractivity contribution in [3.05, 3.63) is 42.0 Å². The maximum absolute atomic E-state index is 5.05. The van der Waals surface area contributed by atoms with Crippen molar-refractivity contribution in [3.8, 4) is 0 Å². The molecule has 6 heteroatoms. The molecule has 1 aromatic heterocycles. The molecule has 0 radical (unpaired) electrons. The monoisotopic (exact) mass is 448 g/mol. The fourth-order valence-corrected chi connectivity index (χ4v) is 6.62. The number of aromatic nitrogens is 2. The fourth-order valence-electron chi connectivity index (χ4n) is 6.62. The molecule has 1 aliphatic heterocycles. The first kappa shape index (κ1) is 22.5. The van der Waals surface area contributed by atoms with Gasteiger partial charge in [0.2, 0.25) is 5.95 Å². The highest BCUT2D eigenvalue weighted by Gasteiger charge is 2.59. The summed E-state index contributed by atoms with van der Waals surface area (Å²) >= 11 is 0.